The van der Waals surface area contributed by atoms with E-state index in [2.05, 4.69) is 21.2 Å². The molecule has 0 aromatic heterocycles. The third-order valence-electron chi connectivity index (χ3n) is 3.00. The van der Waals surface area contributed by atoms with Gasteiger partial charge in [-0.15, -0.1) is 0 Å². The van der Waals surface area contributed by atoms with Gasteiger partial charge in [0.2, 0.25) is 0 Å². The first-order chi connectivity index (χ1) is 10.0. The smallest absolute Gasteiger partial charge is 0.293 e. The van der Waals surface area contributed by atoms with Crippen molar-refractivity contribution in [1.29, 1.82) is 5.26 Å². The van der Waals surface area contributed by atoms with Crippen LogP contribution in [0.1, 0.15) is 16.7 Å². The van der Waals surface area contributed by atoms with Crippen molar-refractivity contribution < 1.29 is 4.92 Å². The number of nitriles is 1. The van der Waals surface area contributed by atoms with Gasteiger partial charge in [-0.1, -0.05) is 28.1 Å². The molecule has 0 fully saturated rings. The maximum atomic E-state index is 11.1. The molecular weight excluding hydrogens is 334 g/mol. The second-order valence-electron chi connectivity index (χ2n) is 4.55. The number of aryl methyl sites for hydroxylation is 1. The maximum absolute atomic E-state index is 11.1. The molecule has 0 spiro atoms. The molecule has 0 unspecified atom stereocenters. The standard InChI is InChI=1S/C15H12BrN3O2/c1-10-2-4-12(13(16)6-10)9-18-14-5-3-11(8-17)7-15(14)19(20)21/h2-7,18H,9H2,1H3. The zero-order valence-corrected chi connectivity index (χ0v) is 12.8. The number of nitrogens with zero attached hydrogens (tertiary/aromatic N) is 2. The molecule has 2 aromatic rings. The van der Waals surface area contributed by atoms with Gasteiger partial charge in [-0.3, -0.25) is 10.1 Å². The highest BCUT2D eigenvalue weighted by molar-refractivity contribution is 9.10. The van der Waals surface area contributed by atoms with E-state index in [4.69, 9.17) is 5.26 Å². The molecule has 0 saturated heterocycles. The Morgan fingerprint density at radius 2 is 2.10 bits per heavy atom. The average Bonchev–Trinajstić information content (AvgIpc) is 2.46. The van der Waals surface area contributed by atoms with Gasteiger partial charge in [0.1, 0.15) is 5.69 Å². The van der Waals surface area contributed by atoms with E-state index < -0.39 is 4.92 Å². The molecule has 0 saturated carbocycles. The lowest BCUT2D eigenvalue weighted by atomic mass is 10.1. The fraction of sp³-hybridized carbons (Fsp3) is 0.133. The molecule has 2 aromatic carbocycles. The number of hydrogen-bond donors (Lipinski definition) is 1. The highest BCUT2D eigenvalue weighted by atomic mass is 79.9. The first-order valence-electron chi connectivity index (χ1n) is 6.18. The molecule has 0 bridgehead atoms. The Hall–Kier alpha value is -2.39. The monoisotopic (exact) mass is 345 g/mol. The van der Waals surface area contributed by atoms with Crippen LogP contribution >= 0.6 is 15.9 Å². The van der Waals surface area contributed by atoms with Crippen LogP contribution in [0.3, 0.4) is 0 Å². The van der Waals surface area contributed by atoms with Crippen LogP contribution in [0.4, 0.5) is 11.4 Å². The van der Waals surface area contributed by atoms with E-state index in [-0.39, 0.29) is 11.3 Å². The van der Waals surface area contributed by atoms with Gasteiger partial charge in [0.25, 0.3) is 5.69 Å². The molecule has 0 aliphatic rings. The molecule has 6 heteroatoms. The fourth-order valence-corrected chi connectivity index (χ4v) is 2.52. The van der Waals surface area contributed by atoms with Crippen LogP contribution in [0.25, 0.3) is 0 Å². The molecular formula is C15H12BrN3O2. The fourth-order valence-electron chi connectivity index (χ4n) is 1.89. The molecule has 0 aliphatic heterocycles. The predicted molar refractivity (Wildman–Crippen MR) is 84.0 cm³/mol. The second kappa shape index (κ2) is 6.37. The van der Waals surface area contributed by atoms with Crippen molar-refractivity contribution in [2.45, 2.75) is 13.5 Å². The number of nitro benzene ring substituents is 1. The van der Waals surface area contributed by atoms with E-state index in [1.165, 1.54) is 6.07 Å². The molecule has 0 aliphatic carbocycles. The SMILES string of the molecule is Cc1ccc(CNc2ccc(C#N)cc2[N+](=O)[O-])c(Br)c1. The summed E-state index contributed by atoms with van der Waals surface area (Å²) in [5.74, 6) is 0. The van der Waals surface area contributed by atoms with Crippen molar-refractivity contribution in [2.24, 2.45) is 0 Å². The lowest BCUT2D eigenvalue weighted by molar-refractivity contribution is -0.384. The minimum absolute atomic E-state index is 0.0997. The van der Waals surface area contributed by atoms with Crippen LogP contribution in [0.2, 0.25) is 0 Å². The molecule has 1 N–H and O–H groups in total. The van der Waals surface area contributed by atoms with Crippen molar-refractivity contribution in [3.63, 3.8) is 0 Å². The predicted octanol–water partition coefficient (Wildman–Crippen LogP) is 4.15. The maximum Gasteiger partial charge on any atom is 0.293 e. The third kappa shape index (κ3) is 3.58. The van der Waals surface area contributed by atoms with Gasteiger partial charge in [0, 0.05) is 17.1 Å². The first kappa shape index (κ1) is 15.0. The summed E-state index contributed by atoms with van der Waals surface area (Å²) in [5.41, 5.74) is 2.70. The summed E-state index contributed by atoms with van der Waals surface area (Å²) in [7, 11) is 0. The van der Waals surface area contributed by atoms with Gasteiger partial charge in [0.15, 0.2) is 0 Å². The van der Waals surface area contributed by atoms with Crippen molar-refractivity contribution in [1.82, 2.24) is 0 Å². The highest BCUT2D eigenvalue weighted by Gasteiger charge is 2.14. The minimum atomic E-state index is -0.493. The summed E-state index contributed by atoms with van der Waals surface area (Å²) in [5, 5.41) is 22.9. The topological polar surface area (TPSA) is 79.0 Å². The largest absolute Gasteiger partial charge is 0.375 e. The molecule has 21 heavy (non-hydrogen) atoms. The molecule has 106 valence electrons. The Morgan fingerprint density at radius 1 is 1.33 bits per heavy atom. The van der Waals surface area contributed by atoms with Gasteiger partial charge < -0.3 is 5.32 Å². The summed E-state index contributed by atoms with van der Waals surface area (Å²) in [6.07, 6.45) is 0. The average molecular weight is 346 g/mol. The zero-order chi connectivity index (χ0) is 15.4. The highest BCUT2D eigenvalue weighted by Crippen LogP contribution is 2.27. The Balaban J connectivity index is 2.24. The summed E-state index contributed by atoms with van der Waals surface area (Å²) in [6, 6.07) is 12.2. The zero-order valence-electron chi connectivity index (χ0n) is 11.3. The van der Waals surface area contributed by atoms with Gasteiger partial charge in [0.05, 0.1) is 16.6 Å². The number of benzene rings is 2. The lowest BCUT2D eigenvalue weighted by Gasteiger charge is -2.09. The van der Waals surface area contributed by atoms with Crippen LogP contribution in [-0.4, -0.2) is 4.92 Å². The number of rotatable bonds is 4. The van der Waals surface area contributed by atoms with Crippen molar-refractivity contribution in [3.8, 4) is 6.07 Å². The molecule has 0 heterocycles. The minimum Gasteiger partial charge on any atom is -0.375 e. The van der Waals surface area contributed by atoms with Crippen LogP contribution in [0.15, 0.2) is 40.9 Å². The summed E-state index contributed by atoms with van der Waals surface area (Å²) < 4.78 is 0.950. The van der Waals surface area contributed by atoms with E-state index in [0.717, 1.165) is 15.6 Å². The van der Waals surface area contributed by atoms with Gasteiger partial charge in [-0.2, -0.15) is 5.26 Å². The number of nitro groups is 1. The summed E-state index contributed by atoms with van der Waals surface area (Å²) >= 11 is 3.47. The Morgan fingerprint density at radius 3 is 2.71 bits per heavy atom. The Kier molecular flexibility index (Phi) is 4.55. The van der Waals surface area contributed by atoms with Gasteiger partial charge >= 0.3 is 0 Å². The summed E-state index contributed by atoms with van der Waals surface area (Å²) in [4.78, 5) is 10.6. The molecule has 0 atom stereocenters. The first-order valence-corrected chi connectivity index (χ1v) is 6.98. The van der Waals surface area contributed by atoms with Crippen LogP contribution < -0.4 is 5.32 Å². The molecule has 2 rings (SSSR count). The Bertz CT molecular complexity index is 738. The van der Waals surface area contributed by atoms with Crippen LogP contribution in [0.5, 0.6) is 0 Å². The van der Waals surface area contributed by atoms with Crippen molar-refractivity contribution in [2.75, 3.05) is 5.32 Å². The molecule has 0 amide bonds. The van der Waals surface area contributed by atoms with Gasteiger partial charge in [-0.25, -0.2) is 0 Å². The summed E-state index contributed by atoms with van der Waals surface area (Å²) in [6.45, 7) is 2.45. The van der Waals surface area contributed by atoms with E-state index in [9.17, 15) is 10.1 Å². The van der Waals surface area contributed by atoms with Crippen LogP contribution in [0, 0.1) is 28.4 Å². The van der Waals surface area contributed by atoms with Crippen molar-refractivity contribution >= 4 is 27.3 Å². The van der Waals surface area contributed by atoms with E-state index in [1.807, 2.05) is 31.2 Å². The van der Waals surface area contributed by atoms with Gasteiger partial charge in [-0.05, 0) is 36.2 Å². The molecule has 5 nitrogen and oxygen atoms in total. The van der Waals surface area contributed by atoms with E-state index >= 15 is 0 Å². The number of halogens is 1. The molecule has 0 radical (unpaired) electrons. The number of nitrogens with one attached hydrogen (secondary N) is 1. The van der Waals surface area contributed by atoms with Crippen LogP contribution in [-0.2, 0) is 6.54 Å². The quantitative estimate of drug-likeness (QED) is 0.666. The Labute approximate surface area is 130 Å². The second-order valence-corrected chi connectivity index (χ2v) is 5.40. The third-order valence-corrected chi connectivity index (χ3v) is 3.74. The van der Waals surface area contributed by atoms with E-state index in [1.54, 1.807) is 12.1 Å². The van der Waals surface area contributed by atoms with Crippen molar-refractivity contribution in [3.05, 3.63) is 67.7 Å². The normalized spacial score (nSPS) is 9.95. The lowest BCUT2D eigenvalue weighted by Crippen LogP contribution is -2.03. The number of anilines is 1. The number of hydrogen-bond acceptors (Lipinski definition) is 4. The van der Waals surface area contributed by atoms with E-state index in [0.29, 0.717) is 12.2 Å².